The molecule has 3 N–H and O–H groups in total. The van der Waals surface area contributed by atoms with Crippen LogP contribution in [0.5, 0.6) is 0 Å². The van der Waals surface area contributed by atoms with Crippen molar-refractivity contribution in [2.24, 2.45) is 5.41 Å². The largest absolute Gasteiger partial charge is 0.481 e. The van der Waals surface area contributed by atoms with Gasteiger partial charge in [-0.3, -0.25) is 25.2 Å². The van der Waals surface area contributed by atoms with Gasteiger partial charge < -0.3 is 5.11 Å². The predicted octanol–water partition coefficient (Wildman–Crippen LogP) is 1.03. The lowest BCUT2D eigenvalue weighted by Crippen LogP contribution is -2.42. The number of nitrogens with one attached hydrogen (secondary N) is 2. The number of aromatic nitrogens is 1. The van der Waals surface area contributed by atoms with Crippen molar-refractivity contribution in [1.29, 1.82) is 0 Å². The maximum Gasteiger partial charge on any atom is 0.309 e. The van der Waals surface area contributed by atoms with Crippen LogP contribution < -0.4 is 10.9 Å². The molecule has 0 aliphatic rings. The zero-order chi connectivity index (χ0) is 16.0. The van der Waals surface area contributed by atoms with Gasteiger partial charge in [-0.15, -0.1) is 11.3 Å². The van der Waals surface area contributed by atoms with Crippen LogP contribution in [0, 0.1) is 12.3 Å². The molecule has 21 heavy (non-hydrogen) atoms. The molecule has 0 atom stereocenters. The number of carbonyl (C=O) groups excluding carboxylic acids is 2. The molecule has 1 heterocycles. The molecular formula is C13H19N3O4S. The number of carboxylic acid groups (broad SMARTS) is 1. The molecule has 2 amide bonds. The Hall–Kier alpha value is -1.96. The van der Waals surface area contributed by atoms with E-state index in [4.69, 9.17) is 5.11 Å². The summed E-state index contributed by atoms with van der Waals surface area (Å²) in [6, 6.07) is 0. The summed E-state index contributed by atoms with van der Waals surface area (Å²) in [5.74, 6) is -1.75. The molecule has 0 spiro atoms. The number of thiazole rings is 1. The molecule has 0 aliphatic carbocycles. The number of hydrogen-bond donors (Lipinski definition) is 3. The van der Waals surface area contributed by atoms with Crippen LogP contribution in [0.15, 0.2) is 5.38 Å². The Morgan fingerprint density at radius 2 is 1.90 bits per heavy atom. The standard InChI is InChI=1S/C13H19N3O4S/c1-8-14-9(7-21-8)6-11(18)16-15-10(17)4-5-13(2,3)12(19)20/h7H,4-6H2,1-3H3,(H,15,17)(H,16,18)(H,19,20). The summed E-state index contributed by atoms with van der Waals surface area (Å²) < 4.78 is 0. The molecule has 1 rings (SSSR count). The highest BCUT2D eigenvalue weighted by atomic mass is 32.1. The van der Waals surface area contributed by atoms with Gasteiger partial charge in [-0.05, 0) is 27.2 Å². The molecular weight excluding hydrogens is 294 g/mol. The summed E-state index contributed by atoms with van der Waals surface area (Å²) in [4.78, 5) is 38.2. The summed E-state index contributed by atoms with van der Waals surface area (Å²) in [6.07, 6.45) is 0.302. The van der Waals surface area contributed by atoms with Crippen LogP contribution in [0.1, 0.15) is 37.4 Å². The predicted molar refractivity (Wildman–Crippen MR) is 77.5 cm³/mol. The minimum atomic E-state index is -0.973. The van der Waals surface area contributed by atoms with Gasteiger partial charge in [0, 0.05) is 11.8 Å². The van der Waals surface area contributed by atoms with Gasteiger partial charge in [0.2, 0.25) is 11.8 Å². The Morgan fingerprint density at radius 1 is 1.29 bits per heavy atom. The average Bonchev–Trinajstić information content (AvgIpc) is 2.79. The first-order chi connectivity index (χ1) is 9.70. The number of hydrazine groups is 1. The number of nitrogens with zero attached hydrogens (tertiary/aromatic N) is 1. The highest BCUT2D eigenvalue weighted by Crippen LogP contribution is 2.21. The molecule has 1 aromatic heterocycles. The molecule has 0 unspecified atom stereocenters. The summed E-state index contributed by atoms with van der Waals surface area (Å²) in [7, 11) is 0. The number of hydrogen-bond acceptors (Lipinski definition) is 5. The van der Waals surface area contributed by atoms with Gasteiger partial charge in [0.05, 0.1) is 22.5 Å². The van der Waals surface area contributed by atoms with Crippen LogP contribution in [0.3, 0.4) is 0 Å². The van der Waals surface area contributed by atoms with Crippen molar-refractivity contribution in [1.82, 2.24) is 15.8 Å². The number of aliphatic carboxylic acids is 1. The summed E-state index contributed by atoms with van der Waals surface area (Å²) in [6.45, 7) is 4.94. The van der Waals surface area contributed by atoms with Crippen molar-refractivity contribution >= 4 is 29.1 Å². The molecule has 0 fully saturated rings. The number of carboxylic acids is 1. The quantitative estimate of drug-likeness (QED) is 0.680. The maximum atomic E-state index is 11.6. The minimum Gasteiger partial charge on any atom is -0.481 e. The van der Waals surface area contributed by atoms with E-state index < -0.39 is 17.3 Å². The second-order valence-corrected chi connectivity index (χ2v) is 6.38. The van der Waals surface area contributed by atoms with Gasteiger partial charge in [-0.1, -0.05) is 0 Å². The van der Waals surface area contributed by atoms with E-state index in [1.165, 1.54) is 11.3 Å². The number of rotatable bonds is 6. The third-order valence-electron chi connectivity index (χ3n) is 2.91. The summed E-state index contributed by atoms with van der Waals surface area (Å²) >= 11 is 1.45. The van der Waals surface area contributed by atoms with Gasteiger partial charge in [0.1, 0.15) is 0 Å². The van der Waals surface area contributed by atoms with Crippen LogP contribution in [0.25, 0.3) is 0 Å². The monoisotopic (exact) mass is 313 g/mol. The highest BCUT2D eigenvalue weighted by Gasteiger charge is 2.27. The van der Waals surface area contributed by atoms with Crippen molar-refractivity contribution in [2.75, 3.05) is 0 Å². The molecule has 0 saturated carbocycles. The zero-order valence-corrected chi connectivity index (χ0v) is 13.0. The lowest BCUT2D eigenvalue weighted by atomic mass is 9.88. The Labute approximate surface area is 126 Å². The first-order valence-electron chi connectivity index (χ1n) is 6.43. The fraction of sp³-hybridized carbons (Fsp3) is 0.538. The SMILES string of the molecule is Cc1nc(CC(=O)NNC(=O)CCC(C)(C)C(=O)O)cs1. The highest BCUT2D eigenvalue weighted by molar-refractivity contribution is 7.09. The summed E-state index contributed by atoms with van der Waals surface area (Å²) in [5.41, 5.74) is 4.23. The first-order valence-corrected chi connectivity index (χ1v) is 7.31. The lowest BCUT2D eigenvalue weighted by Gasteiger charge is -2.18. The van der Waals surface area contributed by atoms with E-state index in [1.54, 1.807) is 19.2 Å². The third-order valence-corrected chi connectivity index (χ3v) is 3.73. The van der Waals surface area contributed by atoms with E-state index in [9.17, 15) is 14.4 Å². The van der Waals surface area contributed by atoms with E-state index in [1.807, 2.05) is 6.92 Å². The number of amides is 2. The van der Waals surface area contributed by atoms with Gasteiger partial charge >= 0.3 is 5.97 Å². The molecule has 1 aromatic rings. The average molecular weight is 313 g/mol. The third kappa shape index (κ3) is 5.90. The molecule has 0 saturated heterocycles. The smallest absolute Gasteiger partial charge is 0.309 e. The molecule has 7 nitrogen and oxygen atoms in total. The van der Waals surface area contributed by atoms with Crippen LogP contribution in [-0.2, 0) is 20.8 Å². The van der Waals surface area contributed by atoms with Crippen molar-refractivity contribution in [3.63, 3.8) is 0 Å². The Balaban J connectivity index is 2.29. The molecule has 0 bridgehead atoms. The van der Waals surface area contributed by atoms with Gasteiger partial charge in [0.25, 0.3) is 0 Å². The minimum absolute atomic E-state index is 0.0232. The van der Waals surface area contributed by atoms with Gasteiger partial charge in [-0.2, -0.15) is 0 Å². The van der Waals surface area contributed by atoms with E-state index in [-0.39, 0.29) is 25.2 Å². The fourth-order valence-corrected chi connectivity index (χ4v) is 2.05. The molecule has 116 valence electrons. The van der Waals surface area contributed by atoms with Crippen molar-refractivity contribution < 1.29 is 19.5 Å². The maximum absolute atomic E-state index is 11.6. The molecule has 0 aliphatic heterocycles. The topological polar surface area (TPSA) is 108 Å². The van der Waals surface area contributed by atoms with E-state index in [2.05, 4.69) is 15.8 Å². The summed E-state index contributed by atoms with van der Waals surface area (Å²) in [5, 5.41) is 11.6. The Kier molecular flexibility index (Phi) is 5.83. The Morgan fingerprint density at radius 3 is 2.43 bits per heavy atom. The fourth-order valence-electron chi connectivity index (χ4n) is 1.43. The number of aryl methyl sites for hydroxylation is 1. The van der Waals surface area contributed by atoms with Gasteiger partial charge in [0.15, 0.2) is 0 Å². The molecule has 0 radical (unpaired) electrons. The van der Waals surface area contributed by atoms with Crippen LogP contribution in [-0.4, -0.2) is 27.9 Å². The molecule has 8 heteroatoms. The van der Waals surface area contributed by atoms with Crippen LogP contribution in [0.4, 0.5) is 0 Å². The van der Waals surface area contributed by atoms with Crippen LogP contribution in [0.2, 0.25) is 0 Å². The van der Waals surface area contributed by atoms with Crippen molar-refractivity contribution in [2.45, 2.75) is 40.0 Å². The van der Waals surface area contributed by atoms with E-state index in [0.29, 0.717) is 5.69 Å². The zero-order valence-electron chi connectivity index (χ0n) is 12.2. The Bertz CT molecular complexity index is 539. The van der Waals surface area contributed by atoms with Crippen molar-refractivity contribution in [3.8, 4) is 0 Å². The second-order valence-electron chi connectivity index (χ2n) is 5.32. The second kappa shape index (κ2) is 7.16. The lowest BCUT2D eigenvalue weighted by molar-refractivity contribution is -0.147. The van der Waals surface area contributed by atoms with Crippen LogP contribution >= 0.6 is 11.3 Å². The van der Waals surface area contributed by atoms with Crippen molar-refractivity contribution in [3.05, 3.63) is 16.1 Å². The number of carbonyl (C=O) groups is 3. The van der Waals surface area contributed by atoms with Gasteiger partial charge in [-0.25, -0.2) is 4.98 Å². The van der Waals surface area contributed by atoms with E-state index >= 15 is 0 Å². The first kappa shape index (κ1) is 17.1. The normalized spacial score (nSPS) is 11.0. The molecule has 0 aromatic carbocycles. The van der Waals surface area contributed by atoms with E-state index in [0.717, 1.165) is 5.01 Å².